The Kier molecular flexibility index (Phi) is 4.54. The molecule has 2 rings (SSSR count). The van der Waals surface area contributed by atoms with Crippen molar-refractivity contribution in [1.29, 1.82) is 0 Å². The molecule has 0 aromatic heterocycles. The molecule has 0 radical (unpaired) electrons. The Bertz CT molecular complexity index is 540. The molecule has 6 heteroatoms. The van der Waals surface area contributed by atoms with Gasteiger partial charge in [0.15, 0.2) is 0 Å². The zero-order valence-corrected chi connectivity index (χ0v) is 11.8. The molecule has 1 atom stereocenters. The van der Waals surface area contributed by atoms with Crippen LogP contribution in [0.15, 0.2) is 23.1 Å². The monoisotopic (exact) mass is 286 g/mol. The number of aryl methyl sites for hydroxylation is 1. The van der Waals surface area contributed by atoms with Crippen molar-refractivity contribution in [2.75, 3.05) is 19.6 Å². The summed E-state index contributed by atoms with van der Waals surface area (Å²) in [5, 5.41) is 3.24. The Labute approximate surface area is 113 Å². The Hall–Kier alpha value is -0.980. The highest BCUT2D eigenvalue weighted by atomic mass is 32.2. The molecule has 0 saturated carbocycles. The molecule has 19 heavy (non-hydrogen) atoms. The molecule has 1 fully saturated rings. The van der Waals surface area contributed by atoms with Gasteiger partial charge in [-0.15, -0.1) is 0 Å². The minimum atomic E-state index is -3.63. The predicted molar refractivity (Wildman–Crippen MR) is 71.9 cm³/mol. The number of hydrogen-bond acceptors (Lipinski definition) is 3. The van der Waals surface area contributed by atoms with Crippen LogP contribution in [0.25, 0.3) is 0 Å². The van der Waals surface area contributed by atoms with Crippen LogP contribution in [-0.4, -0.2) is 28.1 Å². The van der Waals surface area contributed by atoms with Gasteiger partial charge in [-0.25, -0.2) is 17.5 Å². The van der Waals surface area contributed by atoms with Gasteiger partial charge < -0.3 is 5.32 Å². The largest absolute Gasteiger partial charge is 0.316 e. The van der Waals surface area contributed by atoms with E-state index in [1.165, 1.54) is 12.1 Å². The second-order valence-corrected chi connectivity index (χ2v) is 6.71. The lowest BCUT2D eigenvalue weighted by atomic mass is 10.0. The number of piperidine rings is 1. The van der Waals surface area contributed by atoms with Crippen molar-refractivity contribution in [3.63, 3.8) is 0 Å². The van der Waals surface area contributed by atoms with E-state index in [4.69, 9.17) is 0 Å². The fourth-order valence-electron chi connectivity index (χ4n) is 2.27. The Balaban J connectivity index is 2.07. The Morgan fingerprint density at radius 1 is 1.47 bits per heavy atom. The zero-order valence-electron chi connectivity index (χ0n) is 10.9. The third-order valence-corrected chi connectivity index (χ3v) is 4.97. The first-order chi connectivity index (χ1) is 8.99. The van der Waals surface area contributed by atoms with Gasteiger partial charge in [0.25, 0.3) is 0 Å². The van der Waals surface area contributed by atoms with Crippen LogP contribution in [-0.2, 0) is 10.0 Å². The number of sulfonamides is 1. The number of rotatable bonds is 4. The summed E-state index contributed by atoms with van der Waals surface area (Å²) in [4.78, 5) is 0.0243. The van der Waals surface area contributed by atoms with Crippen molar-refractivity contribution in [1.82, 2.24) is 10.0 Å². The lowest BCUT2D eigenvalue weighted by molar-refractivity contribution is 0.376. The highest BCUT2D eigenvalue weighted by Gasteiger charge is 2.20. The van der Waals surface area contributed by atoms with Gasteiger partial charge in [-0.2, -0.15) is 0 Å². The molecule has 0 bridgehead atoms. The molecule has 106 valence electrons. The molecule has 1 saturated heterocycles. The normalized spacial score (nSPS) is 20.4. The minimum Gasteiger partial charge on any atom is -0.316 e. The van der Waals surface area contributed by atoms with E-state index in [1.54, 1.807) is 6.92 Å². The first-order valence-electron chi connectivity index (χ1n) is 6.45. The number of hydrogen-bond donors (Lipinski definition) is 2. The molecule has 1 aromatic carbocycles. The van der Waals surface area contributed by atoms with E-state index in [1.807, 2.05) is 0 Å². The minimum absolute atomic E-state index is 0.0243. The molecule has 0 amide bonds. The van der Waals surface area contributed by atoms with E-state index in [0.29, 0.717) is 18.0 Å². The molecule has 2 N–H and O–H groups in total. The van der Waals surface area contributed by atoms with Crippen LogP contribution in [0.3, 0.4) is 0 Å². The van der Waals surface area contributed by atoms with Crippen LogP contribution in [0.4, 0.5) is 4.39 Å². The molecule has 0 spiro atoms. The van der Waals surface area contributed by atoms with Crippen molar-refractivity contribution in [3.8, 4) is 0 Å². The summed E-state index contributed by atoms with van der Waals surface area (Å²) in [6, 6.07) is 3.81. The quantitative estimate of drug-likeness (QED) is 0.880. The van der Waals surface area contributed by atoms with E-state index in [0.717, 1.165) is 32.0 Å². The standard InChI is InChI=1S/C13H19FN2O2S/c1-10-4-5-12(14)7-13(10)19(17,18)16-9-11-3-2-6-15-8-11/h4-5,7,11,15-16H,2-3,6,8-9H2,1H3/t11-/m0/s1. The van der Waals surface area contributed by atoms with Gasteiger partial charge in [-0.1, -0.05) is 6.07 Å². The number of halogens is 1. The van der Waals surface area contributed by atoms with Gasteiger partial charge >= 0.3 is 0 Å². The first kappa shape index (κ1) is 14.4. The fraction of sp³-hybridized carbons (Fsp3) is 0.538. The predicted octanol–water partition coefficient (Wildman–Crippen LogP) is 1.41. The molecular formula is C13H19FN2O2S. The fourth-order valence-corrected chi connectivity index (χ4v) is 3.64. The lowest BCUT2D eigenvalue weighted by Gasteiger charge is -2.23. The van der Waals surface area contributed by atoms with Gasteiger partial charge in [0, 0.05) is 6.54 Å². The average molecular weight is 286 g/mol. The molecule has 1 aliphatic heterocycles. The van der Waals surface area contributed by atoms with Crippen LogP contribution in [0.1, 0.15) is 18.4 Å². The van der Waals surface area contributed by atoms with E-state index >= 15 is 0 Å². The molecule has 1 aliphatic rings. The molecule has 4 nitrogen and oxygen atoms in total. The summed E-state index contributed by atoms with van der Waals surface area (Å²) in [5.41, 5.74) is 0.552. The second-order valence-electron chi connectivity index (χ2n) is 4.97. The summed E-state index contributed by atoms with van der Waals surface area (Å²) < 4.78 is 40.0. The van der Waals surface area contributed by atoms with Crippen LogP contribution in [0.2, 0.25) is 0 Å². The van der Waals surface area contributed by atoms with Gasteiger partial charge in [0.1, 0.15) is 5.82 Å². The van der Waals surface area contributed by atoms with Crippen molar-refractivity contribution >= 4 is 10.0 Å². The summed E-state index contributed by atoms with van der Waals surface area (Å²) in [5.74, 6) is -0.234. The van der Waals surface area contributed by atoms with Gasteiger partial charge in [0.2, 0.25) is 10.0 Å². The van der Waals surface area contributed by atoms with Crippen molar-refractivity contribution < 1.29 is 12.8 Å². The maximum absolute atomic E-state index is 13.2. The van der Waals surface area contributed by atoms with Crippen LogP contribution >= 0.6 is 0 Å². The zero-order chi connectivity index (χ0) is 13.9. The maximum atomic E-state index is 13.2. The first-order valence-corrected chi connectivity index (χ1v) is 7.94. The summed E-state index contributed by atoms with van der Waals surface area (Å²) in [6.45, 7) is 3.87. The Morgan fingerprint density at radius 2 is 2.26 bits per heavy atom. The topological polar surface area (TPSA) is 58.2 Å². The van der Waals surface area contributed by atoms with Gasteiger partial charge in [-0.3, -0.25) is 0 Å². The van der Waals surface area contributed by atoms with E-state index in [-0.39, 0.29) is 4.90 Å². The van der Waals surface area contributed by atoms with Crippen LogP contribution in [0, 0.1) is 18.7 Å². The highest BCUT2D eigenvalue weighted by molar-refractivity contribution is 7.89. The average Bonchev–Trinajstić information content (AvgIpc) is 2.40. The van der Waals surface area contributed by atoms with Crippen LogP contribution in [0.5, 0.6) is 0 Å². The van der Waals surface area contributed by atoms with E-state index in [2.05, 4.69) is 10.0 Å². The molecule has 0 aliphatic carbocycles. The van der Waals surface area contributed by atoms with E-state index in [9.17, 15) is 12.8 Å². The van der Waals surface area contributed by atoms with Crippen molar-refractivity contribution in [3.05, 3.63) is 29.6 Å². The molecule has 0 unspecified atom stereocenters. The second kappa shape index (κ2) is 5.98. The lowest BCUT2D eigenvalue weighted by Crippen LogP contribution is -2.38. The maximum Gasteiger partial charge on any atom is 0.240 e. The molecule has 1 heterocycles. The third-order valence-electron chi connectivity index (χ3n) is 3.40. The van der Waals surface area contributed by atoms with Crippen molar-refractivity contribution in [2.45, 2.75) is 24.7 Å². The smallest absolute Gasteiger partial charge is 0.240 e. The van der Waals surface area contributed by atoms with Gasteiger partial charge in [-0.05, 0) is 56.5 Å². The Morgan fingerprint density at radius 3 is 2.95 bits per heavy atom. The number of nitrogens with one attached hydrogen (secondary N) is 2. The molecular weight excluding hydrogens is 267 g/mol. The van der Waals surface area contributed by atoms with Crippen LogP contribution < -0.4 is 10.0 Å². The van der Waals surface area contributed by atoms with Crippen molar-refractivity contribution in [2.24, 2.45) is 5.92 Å². The van der Waals surface area contributed by atoms with E-state index < -0.39 is 15.8 Å². The summed E-state index contributed by atoms with van der Waals surface area (Å²) in [7, 11) is -3.63. The number of benzene rings is 1. The molecule has 1 aromatic rings. The highest BCUT2D eigenvalue weighted by Crippen LogP contribution is 2.17. The SMILES string of the molecule is Cc1ccc(F)cc1S(=O)(=O)NC[C@H]1CCCNC1. The summed E-state index contributed by atoms with van der Waals surface area (Å²) in [6.07, 6.45) is 2.07. The van der Waals surface area contributed by atoms with Gasteiger partial charge in [0.05, 0.1) is 4.90 Å². The third kappa shape index (κ3) is 3.75. The summed E-state index contributed by atoms with van der Waals surface area (Å²) >= 11 is 0.